The van der Waals surface area contributed by atoms with Gasteiger partial charge in [-0.2, -0.15) is 0 Å². The highest BCUT2D eigenvalue weighted by atomic mass is 16.1. The summed E-state index contributed by atoms with van der Waals surface area (Å²) < 4.78 is 0. The summed E-state index contributed by atoms with van der Waals surface area (Å²) in [5.41, 5.74) is 4.25. The van der Waals surface area contributed by atoms with E-state index in [0.717, 1.165) is 16.8 Å². The van der Waals surface area contributed by atoms with Gasteiger partial charge in [-0.05, 0) is 43.7 Å². The molecule has 1 aromatic heterocycles. The molecular weight excluding hydrogens is 312 g/mol. The number of anilines is 3. The van der Waals surface area contributed by atoms with Crippen molar-refractivity contribution in [3.05, 3.63) is 77.4 Å². The van der Waals surface area contributed by atoms with Gasteiger partial charge in [0.25, 0.3) is 0 Å². The molecule has 25 heavy (non-hydrogen) atoms. The summed E-state index contributed by atoms with van der Waals surface area (Å²) >= 11 is 0. The second-order valence-electron chi connectivity index (χ2n) is 6.01. The first-order valence-electron chi connectivity index (χ1n) is 8.11. The largest absolute Gasteiger partial charge is 0.339 e. The molecule has 0 aliphatic heterocycles. The third-order valence-electron chi connectivity index (χ3n) is 3.70. The second-order valence-corrected chi connectivity index (χ2v) is 6.01. The van der Waals surface area contributed by atoms with Crippen LogP contribution in [0.4, 0.5) is 17.3 Å². The zero-order valence-electron chi connectivity index (χ0n) is 14.3. The summed E-state index contributed by atoms with van der Waals surface area (Å²) in [5.74, 6) is 0.951. The Morgan fingerprint density at radius 2 is 1.60 bits per heavy atom. The van der Waals surface area contributed by atoms with E-state index in [-0.39, 0.29) is 5.91 Å². The highest BCUT2D eigenvalue weighted by Gasteiger charge is 2.06. The normalized spacial score (nSPS) is 10.3. The van der Waals surface area contributed by atoms with Gasteiger partial charge in [0, 0.05) is 5.69 Å². The van der Waals surface area contributed by atoms with Crippen LogP contribution in [0.2, 0.25) is 0 Å². The molecule has 0 aliphatic rings. The fourth-order valence-electron chi connectivity index (χ4n) is 2.44. The van der Waals surface area contributed by atoms with Gasteiger partial charge in [-0.25, -0.2) is 0 Å². The number of aryl methyl sites for hydroxylation is 2. The van der Waals surface area contributed by atoms with Crippen LogP contribution in [0.15, 0.2) is 60.7 Å². The van der Waals surface area contributed by atoms with E-state index < -0.39 is 0 Å². The summed E-state index contributed by atoms with van der Waals surface area (Å²) in [4.78, 5) is 12.1. The quantitative estimate of drug-likeness (QED) is 0.740. The Morgan fingerprint density at radius 3 is 2.28 bits per heavy atom. The smallest absolute Gasteiger partial charge is 0.229 e. The van der Waals surface area contributed by atoms with E-state index in [0.29, 0.717) is 18.1 Å². The Labute approximate surface area is 147 Å². The number of carbonyl (C=O) groups excluding carboxylic acids is 1. The van der Waals surface area contributed by atoms with Crippen molar-refractivity contribution in [1.82, 2.24) is 10.2 Å². The molecule has 5 heteroatoms. The van der Waals surface area contributed by atoms with Crippen molar-refractivity contribution in [2.45, 2.75) is 20.3 Å². The topological polar surface area (TPSA) is 66.9 Å². The molecule has 126 valence electrons. The molecule has 0 spiro atoms. The van der Waals surface area contributed by atoms with Gasteiger partial charge in [-0.3, -0.25) is 4.79 Å². The minimum absolute atomic E-state index is 0.112. The van der Waals surface area contributed by atoms with Crippen molar-refractivity contribution in [3.63, 3.8) is 0 Å². The van der Waals surface area contributed by atoms with Gasteiger partial charge in [0.2, 0.25) is 5.91 Å². The van der Waals surface area contributed by atoms with Gasteiger partial charge in [0.15, 0.2) is 11.6 Å². The van der Waals surface area contributed by atoms with Crippen LogP contribution in [0, 0.1) is 13.8 Å². The molecule has 0 atom stereocenters. The Kier molecular flexibility index (Phi) is 5.04. The highest BCUT2D eigenvalue weighted by Crippen LogP contribution is 2.15. The van der Waals surface area contributed by atoms with E-state index in [9.17, 15) is 4.79 Å². The number of hydrogen-bond acceptors (Lipinski definition) is 4. The van der Waals surface area contributed by atoms with E-state index >= 15 is 0 Å². The molecule has 5 nitrogen and oxygen atoms in total. The standard InChI is InChI=1S/C20H20N4O/c1-14-6-8-17(9-7-14)21-18-10-11-19(24-23-18)22-20(25)13-16-5-3-4-15(2)12-16/h3-12H,13H2,1-2H3,(H,21,23)(H,22,24,25). The molecule has 0 bridgehead atoms. The van der Waals surface area contributed by atoms with Gasteiger partial charge in [-0.1, -0.05) is 47.5 Å². The monoisotopic (exact) mass is 332 g/mol. The molecule has 1 amide bonds. The summed E-state index contributed by atoms with van der Waals surface area (Å²) in [5, 5.41) is 14.1. The van der Waals surface area contributed by atoms with E-state index in [1.807, 2.05) is 62.4 Å². The third-order valence-corrected chi connectivity index (χ3v) is 3.70. The van der Waals surface area contributed by atoms with Crippen molar-refractivity contribution in [1.29, 1.82) is 0 Å². The van der Waals surface area contributed by atoms with E-state index in [4.69, 9.17) is 0 Å². The number of rotatable bonds is 5. The van der Waals surface area contributed by atoms with Gasteiger partial charge in [0.1, 0.15) is 0 Å². The number of carbonyl (C=O) groups is 1. The average molecular weight is 332 g/mol. The van der Waals surface area contributed by atoms with Crippen LogP contribution in [0.1, 0.15) is 16.7 Å². The maximum absolute atomic E-state index is 12.1. The van der Waals surface area contributed by atoms with Crippen molar-refractivity contribution >= 4 is 23.2 Å². The fourth-order valence-corrected chi connectivity index (χ4v) is 2.44. The summed E-state index contributed by atoms with van der Waals surface area (Å²) in [6.07, 6.45) is 0.312. The van der Waals surface area contributed by atoms with Crippen LogP contribution in [0.25, 0.3) is 0 Å². The molecule has 2 N–H and O–H groups in total. The predicted octanol–water partition coefficient (Wildman–Crippen LogP) is 4.02. The molecule has 0 saturated carbocycles. The Balaban J connectivity index is 1.58. The third kappa shape index (κ3) is 4.88. The molecule has 1 heterocycles. The molecule has 0 saturated heterocycles. The maximum Gasteiger partial charge on any atom is 0.229 e. The van der Waals surface area contributed by atoms with Crippen LogP contribution in [-0.2, 0) is 11.2 Å². The lowest BCUT2D eigenvalue weighted by Gasteiger charge is -2.07. The van der Waals surface area contributed by atoms with Gasteiger partial charge >= 0.3 is 0 Å². The lowest BCUT2D eigenvalue weighted by Crippen LogP contribution is -2.15. The first-order valence-corrected chi connectivity index (χ1v) is 8.11. The number of benzene rings is 2. The van der Waals surface area contributed by atoms with Crippen LogP contribution >= 0.6 is 0 Å². The zero-order valence-corrected chi connectivity index (χ0v) is 14.3. The summed E-state index contributed by atoms with van der Waals surface area (Å²) in [7, 11) is 0. The first-order chi connectivity index (χ1) is 12.1. The Bertz CT molecular complexity index is 858. The van der Waals surface area contributed by atoms with Crippen LogP contribution in [-0.4, -0.2) is 16.1 Å². The molecule has 3 aromatic rings. The summed E-state index contributed by atoms with van der Waals surface area (Å²) in [6.45, 7) is 4.05. The second kappa shape index (κ2) is 7.57. The first kappa shape index (κ1) is 16.6. The molecule has 0 aliphatic carbocycles. The lowest BCUT2D eigenvalue weighted by molar-refractivity contribution is -0.115. The van der Waals surface area contributed by atoms with Crippen molar-refractivity contribution in [2.24, 2.45) is 0 Å². The molecule has 0 unspecified atom stereocenters. The highest BCUT2D eigenvalue weighted by molar-refractivity contribution is 5.91. The molecule has 3 rings (SSSR count). The average Bonchev–Trinajstić information content (AvgIpc) is 2.59. The molecule has 2 aromatic carbocycles. The number of aromatic nitrogens is 2. The number of amides is 1. The fraction of sp³-hybridized carbons (Fsp3) is 0.150. The summed E-state index contributed by atoms with van der Waals surface area (Å²) in [6, 6.07) is 19.4. The Hall–Kier alpha value is -3.21. The predicted molar refractivity (Wildman–Crippen MR) is 100 cm³/mol. The molecular formula is C20H20N4O. The minimum Gasteiger partial charge on any atom is -0.339 e. The van der Waals surface area contributed by atoms with Crippen LogP contribution < -0.4 is 10.6 Å². The molecule has 0 radical (unpaired) electrons. The minimum atomic E-state index is -0.112. The Morgan fingerprint density at radius 1 is 0.880 bits per heavy atom. The zero-order chi connectivity index (χ0) is 17.6. The number of nitrogens with one attached hydrogen (secondary N) is 2. The van der Waals surface area contributed by atoms with Gasteiger partial charge in [0.05, 0.1) is 6.42 Å². The van der Waals surface area contributed by atoms with Crippen molar-refractivity contribution in [2.75, 3.05) is 10.6 Å². The van der Waals surface area contributed by atoms with Crippen molar-refractivity contribution in [3.8, 4) is 0 Å². The van der Waals surface area contributed by atoms with E-state index in [1.165, 1.54) is 5.56 Å². The van der Waals surface area contributed by atoms with E-state index in [2.05, 4.69) is 20.8 Å². The maximum atomic E-state index is 12.1. The van der Waals surface area contributed by atoms with Gasteiger partial charge < -0.3 is 10.6 Å². The lowest BCUT2D eigenvalue weighted by atomic mass is 10.1. The number of nitrogens with zero attached hydrogens (tertiary/aromatic N) is 2. The van der Waals surface area contributed by atoms with E-state index in [1.54, 1.807) is 12.1 Å². The van der Waals surface area contributed by atoms with Crippen LogP contribution in [0.5, 0.6) is 0 Å². The number of hydrogen-bond donors (Lipinski definition) is 2. The SMILES string of the molecule is Cc1ccc(Nc2ccc(NC(=O)Cc3cccc(C)c3)nn2)cc1. The van der Waals surface area contributed by atoms with Gasteiger partial charge in [-0.15, -0.1) is 10.2 Å². The van der Waals surface area contributed by atoms with Crippen molar-refractivity contribution < 1.29 is 4.79 Å². The van der Waals surface area contributed by atoms with Crippen LogP contribution in [0.3, 0.4) is 0 Å². The molecule has 0 fully saturated rings.